The minimum atomic E-state index is -0.295. The van der Waals surface area contributed by atoms with Gasteiger partial charge in [0.1, 0.15) is 5.75 Å². The number of para-hydroxylation sites is 3. The van der Waals surface area contributed by atoms with Crippen molar-refractivity contribution < 1.29 is 9.53 Å². The van der Waals surface area contributed by atoms with Crippen molar-refractivity contribution in [3.05, 3.63) is 54.1 Å². The Balaban J connectivity index is 1.61. The fraction of sp³-hybridized carbons (Fsp3) is 0.211. The lowest BCUT2D eigenvalue weighted by molar-refractivity contribution is -0.115. The highest BCUT2D eigenvalue weighted by molar-refractivity contribution is 8.02. The largest absolute Gasteiger partial charge is 0.495 e. The molecule has 0 aliphatic heterocycles. The number of hydrogen-bond donors (Lipinski definition) is 2. The zero-order valence-corrected chi connectivity index (χ0v) is 16.9. The summed E-state index contributed by atoms with van der Waals surface area (Å²) in [6.45, 7) is 3.82. The average Bonchev–Trinajstić information content (AvgIpc) is 3.10. The number of hydrogen-bond acceptors (Lipinski definition) is 7. The molecule has 27 heavy (non-hydrogen) atoms. The van der Waals surface area contributed by atoms with E-state index in [-0.39, 0.29) is 11.2 Å². The van der Waals surface area contributed by atoms with Crippen molar-refractivity contribution >= 4 is 45.5 Å². The molecule has 1 aromatic heterocycles. The first kappa shape index (κ1) is 19.2. The molecule has 0 aliphatic rings. The molecular weight excluding hydrogens is 380 g/mol. The van der Waals surface area contributed by atoms with E-state index in [0.29, 0.717) is 5.13 Å². The van der Waals surface area contributed by atoms with Crippen LogP contribution in [0.4, 0.5) is 16.5 Å². The van der Waals surface area contributed by atoms with Crippen LogP contribution in [0.3, 0.4) is 0 Å². The second kappa shape index (κ2) is 8.88. The molecule has 2 N–H and O–H groups in total. The van der Waals surface area contributed by atoms with E-state index in [1.165, 1.54) is 23.1 Å². The monoisotopic (exact) mass is 400 g/mol. The second-order valence-corrected chi connectivity index (χ2v) is 8.33. The summed E-state index contributed by atoms with van der Waals surface area (Å²) in [7, 11) is 1.62. The van der Waals surface area contributed by atoms with Gasteiger partial charge in [0, 0.05) is 5.69 Å². The number of thioether (sulfide) groups is 1. The third-order valence-electron chi connectivity index (χ3n) is 3.80. The van der Waals surface area contributed by atoms with Crippen LogP contribution in [0.2, 0.25) is 0 Å². The molecule has 1 unspecified atom stereocenters. The van der Waals surface area contributed by atoms with Crippen LogP contribution < -0.4 is 15.4 Å². The highest BCUT2D eigenvalue weighted by atomic mass is 32.2. The van der Waals surface area contributed by atoms with Gasteiger partial charge in [-0.3, -0.25) is 4.79 Å². The standard InChI is InChI=1S/C19H20N4O2S2/c1-12-8-4-5-9-14(12)20-17(24)13(2)26-19-23-22-18(27-19)21-15-10-6-7-11-16(15)25-3/h4-11,13H,1-3H3,(H,20,24)(H,21,22). The van der Waals surface area contributed by atoms with E-state index in [1.54, 1.807) is 7.11 Å². The molecule has 6 nitrogen and oxygen atoms in total. The molecule has 0 saturated heterocycles. The Labute approximate surface area is 166 Å². The zero-order chi connectivity index (χ0) is 19.2. The van der Waals surface area contributed by atoms with Gasteiger partial charge in [0.25, 0.3) is 0 Å². The van der Waals surface area contributed by atoms with Crippen molar-refractivity contribution in [2.75, 3.05) is 17.7 Å². The van der Waals surface area contributed by atoms with Crippen LogP contribution in [0.25, 0.3) is 0 Å². The predicted octanol–water partition coefficient (Wildman–Crippen LogP) is 4.72. The smallest absolute Gasteiger partial charge is 0.237 e. The summed E-state index contributed by atoms with van der Waals surface area (Å²) in [4.78, 5) is 12.4. The molecule has 1 heterocycles. The summed E-state index contributed by atoms with van der Waals surface area (Å²) in [5.41, 5.74) is 2.67. The Hall–Kier alpha value is -2.58. The van der Waals surface area contributed by atoms with Crippen molar-refractivity contribution in [2.45, 2.75) is 23.4 Å². The Morgan fingerprint density at radius 2 is 1.81 bits per heavy atom. The molecule has 140 valence electrons. The van der Waals surface area contributed by atoms with Crippen molar-refractivity contribution in [3.8, 4) is 5.75 Å². The number of anilines is 3. The first-order chi connectivity index (χ1) is 13.1. The van der Waals surface area contributed by atoms with Crippen LogP contribution >= 0.6 is 23.1 Å². The third-order valence-corrected chi connectivity index (χ3v) is 5.83. The first-order valence-electron chi connectivity index (χ1n) is 8.33. The molecule has 0 bridgehead atoms. The van der Waals surface area contributed by atoms with Gasteiger partial charge in [-0.25, -0.2) is 0 Å². The van der Waals surface area contributed by atoms with Gasteiger partial charge in [0.05, 0.1) is 18.0 Å². The van der Waals surface area contributed by atoms with E-state index >= 15 is 0 Å². The van der Waals surface area contributed by atoms with E-state index < -0.39 is 0 Å². The van der Waals surface area contributed by atoms with Crippen molar-refractivity contribution in [2.24, 2.45) is 0 Å². The number of carbonyl (C=O) groups excluding carboxylic acids is 1. The second-order valence-electron chi connectivity index (χ2n) is 5.76. The molecule has 0 radical (unpaired) electrons. The number of benzene rings is 2. The molecule has 1 amide bonds. The summed E-state index contributed by atoms with van der Waals surface area (Å²) < 4.78 is 6.04. The summed E-state index contributed by atoms with van der Waals surface area (Å²) in [5, 5.41) is 14.8. The Morgan fingerprint density at radius 3 is 2.56 bits per heavy atom. The summed E-state index contributed by atoms with van der Waals surface area (Å²) in [5.74, 6) is 0.664. The van der Waals surface area contributed by atoms with E-state index in [2.05, 4.69) is 20.8 Å². The molecule has 2 aromatic carbocycles. The normalized spacial score (nSPS) is 11.7. The van der Waals surface area contributed by atoms with Gasteiger partial charge in [0.2, 0.25) is 11.0 Å². The van der Waals surface area contributed by atoms with E-state index in [9.17, 15) is 4.79 Å². The lowest BCUT2D eigenvalue weighted by Crippen LogP contribution is -2.22. The molecule has 3 rings (SSSR count). The van der Waals surface area contributed by atoms with Gasteiger partial charge in [-0.1, -0.05) is 53.4 Å². The molecule has 8 heteroatoms. The lowest BCUT2D eigenvalue weighted by Gasteiger charge is -2.12. The first-order valence-corrected chi connectivity index (χ1v) is 10.0. The number of ether oxygens (including phenoxy) is 1. The molecule has 1 atom stereocenters. The van der Waals surface area contributed by atoms with Crippen LogP contribution in [0.5, 0.6) is 5.75 Å². The van der Waals surface area contributed by atoms with Gasteiger partial charge >= 0.3 is 0 Å². The summed E-state index contributed by atoms with van der Waals surface area (Å²) >= 11 is 2.78. The third kappa shape index (κ3) is 4.99. The van der Waals surface area contributed by atoms with E-state index in [1.807, 2.05) is 62.4 Å². The number of aromatic nitrogens is 2. The zero-order valence-electron chi connectivity index (χ0n) is 15.2. The minimum Gasteiger partial charge on any atom is -0.495 e. The quantitative estimate of drug-likeness (QED) is 0.559. The number of nitrogens with zero attached hydrogens (tertiary/aromatic N) is 2. The number of aryl methyl sites for hydroxylation is 1. The molecular formula is C19H20N4O2S2. The van der Waals surface area contributed by atoms with Gasteiger partial charge in [-0.05, 0) is 37.6 Å². The van der Waals surface area contributed by atoms with Crippen molar-refractivity contribution in [3.63, 3.8) is 0 Å². The van der Waals surface area contributed by atoms with Crippen LogP contribution in [0, 0.1) is 6.92 Å². The van der Waals surface area contributed by atoms with E-state index in [4.69, 9.17) is 4.74 Å². The number of nitrogens with one attached hydrogen (secondary N) is 2. The van der Waals surface area contributed by atoms with Crippen LogP contribution in [-0.2, 0) is 4.79 Å². The SMILES string of the molecule is COc1ccccc1Nc1nnc(SC(C)C(=O)Nc2ccccc2C)s1. The Morgan fingerprint density at radius 1 is 1.11 bits per heavy atom. The van der Waals surface area contributed by atoms with Crippen molar-refractivity contribution in [1.29, 1.82) is 0 Å². The minimum absolute atomic E-state index is 0.0660. The number of carbonyl (C=O) groups is 1. The molecule has 0 fully saturated rings. The van der Waals surface area contributed by atoms with Gasteiger partial charge in [0.15, 0.2) is 4.34 Å². The highest BCUT2D eigenvalue weighted by Crippen LogP contribution is 2.33. The molecule has 0 spiro atoms. The Bertz CT molecular complexity index is 929. The van der Waals surface area contributed by atoms with Gasteiger partial charge in [-0.15, -0.1) is 10.2 Å². The summed E-state index contributed by atoms with van der Waals surface area (Å²) in [6, 6.07) is 15.3. The highest BCUT2D eigenvalue weighted by Gasteiger charge is 2.18. The maximum absolute atomic E-state index is 12.4. The molecule has 0 aliphatic carbocycles. The van der Waals surface area contributed by atoms with Crippen LogP contribution in [0.1, 0.15) is 12.5 Å². The van der Waals surface area contributed by atoms with Gasteiger partial charge < -0.3 is 15.4 Å². The number of rotatable bonds is 7. The van der Waals surface area contributed by atoms with Crippen LogP contribution in [-0.4, -0.2) is 28.5 Å². The van der Waals surface area contributed by atoms with Crippen LogP contribution in [0.15, 0.2) is 52.9 Å². The lowest BCUT2D eigenvalue weighted by atomic mass is 10.2. The molecule has 3 aromatic rings. The Kier molecular flexibility index (Phi) is 6.31. The maximum atomic E-state index is 12.4. The van der Waals surface area contributed by atoms with Gasteiger partial charge in [-0.2, -0.15) is 0 Å². The fourth-order valence-electron chi connectivity index (χ4n) is 2.32. The van der Waals surface area contributed by atoms with Crippen molar-refractivity contribution in [1.82, 2.24) is 10.2 Å². The summed E-state index contributed by atoms with van der Waals surface area (Å²) in [6.07, 6.45) is 0. The van der Waals surface area contributed by atoms with E-state index in [0.717, 1.165) is 27.0 Å². The number of amides is 1. The topological polar surface area (TPSA) is 76.1 Å². The fourth-order valence-corrected chi connectivity index (χ4v) is 4.23. The maximum Gasteiger partial charge on any atom is 0.237 e. The number of methoxy groups -OCH3 is 1. The predicted molar refractivity (Wildman–Crippen MR) is 111 cm³/mol. The average molecular weight is 401 g/mol. The molecule has 0 saturated carbocycles.